The van der Waals surface area contributed by atoms with Crippen LogP contribution >= 0.6 is 0 Å². The Hall–Kier alpha value is -2.47. The Labute approximate surface area is 128 Å². The molecule has 1 aliphatic heterocycles. The van der Waals surface area contributed by atoms with Crippen LogP contribution in [-0.4, -0.2) is 47.2 Å². The number of carbonyl (C=O) groups is 1. The quantitative estimate of drug-likeness (QED) is 0.788. The molecule has 0 atom stereocenters. The molecule has 2 aromatic rings. The van der Waals surface area contributed by atoms with Crippen molar-refractivity contribution < 1.29 is 9.69 Å². The molecule has 1 amide bonds. The average molecular weight is 299 g/mol. The largest absolute Gasteiger partial charge is 0.328 e. The first-order valence-corrected chi connectivity index (χ1v) is 7.45. The summed E-state index contributed by atoms with van der Waals surface area (Å²) in [6, 6.07) is 13.2. The lowest BCUT2D eigenvalue weighted by Gasteiger charge is -2.32. The number of H-pyrrole nitrogens is 1. The lowest BCUT2D eigenvalue weighted by atomic mass is 10.2. The smallest absolute Gasteiger partial charge is 0.274 e. The molecule has 0 unspecified atom stereocenters. The predicted molar refractivity (Wildman–Crippen MR) is 81.6 cm³/mol. The molecule has 0 bridgehead atoms. The van der Waals surface area contributed by atoms with Crippen molar-refractivity contribution in [3.8, 4) is 0 Å². The molecule has 1 fully saturated rings. The van der Waals surface area contributed by atoms with Crippen molar-refractivity contribution in [2.24, 2.45) is 0 Å². The van der Waals surface area contributed by atoms with Gasteiger partial charge in [-0.25, -0.2) is 5.10 Å². The fourth-order valence-corrected chi connectivity index (χ4v) is 2.71. The number of piperazine rings is 1. The minimum absolute atomic E-state index is 0.116. The van der Waals surface area contributed by atoms with E-state index in [4.69, 9.17) is 0 Å². The van der Waals surface area contributed by atoms with E-state index in [-0.39, 0.29) is 11.5 Å². The summed E-state index contributed by atoms with van der Waals surface area (Å²) < 4.78 is 0. The predicted octanol–water partition coefficient (Wildman–Crippen LogP) is -0.689. The normalized spacial score (nSPS) is 15.7. The van der Waals surface area contributed by atoms with Gasteiger partial charge in [0.05, 0.1) is 26.2 Å². The summed E-state index contributed by atoms with van der Waals surface area (Å²) in [5.74, 6) is -0.116. The van der Waals surface area contributed by atoms with Crippen LogP contribution in [0, 0.1) is 0 Å². The molecule has 2 heterocycles. The van der Waals surface area contributed by atoms with Crippen LogP contribution in [0.3, 0.4) is 0 Å². The van der Waals surface area contributed by atoms with Crippen LogP contribution in [0.5, 0.6) is 0 Å². The van der Waals surface area contributed by atoms with Gasteiger partial charge in [-0.15, -0.1) is 0 Å². The Bertz CT molecular complexity index is 670. The molecule has 0 spiro atoms. The summed E-state index contributed by atoms with van der Waals surface area (Å²) in [5, 5.41) is 6.11. The second-order valence-corrected chi connectivity index (χ2v) is 5.51. The molecule has 22 heavy (non-hydrogen) atoms. The third-order valence-electron chi connectivity index (χ3n) is 3.95. The average Bonchev–Trinajstić information content (AvgIpc) is 2.57. The molecule has 1 aromatic carbocycles. The zero-order valence-electron chi connectivity index (χ0n) is 12.3. The van der Waals surface area contributed by atoms with Gasteiger partial charge in [0.2, 0.25) is 0 Å². The summed E-state index contributed by atoms with van der Waals surface area (Å²) in [6.45, 7) is 4.25. The van der Waals surface area contributed by atoms with Crippen LogP contribution in [-0.2, 0) is 6.54 Å². The maximum absolute atomic E-state index is 12.3. The van der Waals surface area contributed by atoms with Crippen molar-refractivity contribution >= 4 is 5.91 Å². The number of aromatic amines is 1. The first kappa shape index (κ1) is 14.5. The van der Waals surface area contributed by atoms with Gasteiger partial charge in [0.1, 0.15) is 12.2 Å². The van der Waals surface area contributed by atoms with Crippen molar-refractivity contribution in [1.82, 2.24) is 15.1 Å². The zero-order valence-corrected chi connectivity index (χ0v) is 12.3. The Morgan fingerprint density at radius 3 is 2.50 bits per heavy atom. The highest BCUT2D eigenvalue weighted by Gasteiger charge is 2.25. The number of nitrogens with zero attached hydrogens (tertiary/aromatic N) is 2. The van der Waals surface area contributed by atoms with Crippen molar-refractivity contribution in [2.75, 3.05) is 26.2 Å². The molecule has 1 saturated heterocycles. The summed E-state index contributed by atoms with van der Waals surface area (Å²) >= 11 is 0. The van der Waals surface area contributed by atoms with Crippen molar-refractivity contribution in [3.63, 3.8) is 0 Å². The van der Waals surface area contributed by atoms with E-state index in [9.17, 15) is 9.59 Å². The van der Waals surface area contributed by atoms with E-state index >= 15 is 0 Å². The summed E-state index contributed by atoms with van der Waals surface area (Å²) in [4.78, 5) is 26.6. The van der Waals surface area contributed by atoms with Gasteiger partial charge in [0, 0.05) is 11.6 Å². The SMILES string of the molecule is O=C(c1ccc(=O)[nH]n1)N1CC[NH+](Cc2ccccc2)CC1. The van der Waals surface area contributed by atoms with Crippen LogP contribution in [0.4, 0.5) is 0 Å². The number of aromatic nitrogens is 2. The Balaban J connectivity index is 1.56. The van der Waals surface area contributed by atoms with Gasteiger partial charge in [-0.05, 0) is 6.07 Å². The topological polar surface area (TPSA) is 70.5 Å². The number of hydrogen-bond acceptors (Lipinski definition) is 3. The third kappa shape index (κ3) is 3.40. The molecule has 1 aromatic heterocycles. The molecule has 1 aliphatic rings. The molecular weight excluding hydrogens is 280 g/mol. The molecule has 114 valence electrons. The van der Waals surface area contributed by atoms with Crippen molar-refractivity contribution in [2.45, 2.75) is 6.54 Å². The standard InChI is InChI=1S/C16H18N4O2/c21-15-7-6-14(17-18-15)16(22)20-10-8-19(9-11-20)12-13-4-2-1-3-5-13/h1-7H,8-12H2,(H,18,21)/p+1. The highest BCUT2D eigenvalue weighted by Crippen LogP contribution is 2.01. The maximum Gasteiger partial charge on any atom is 0.274 e. The van der Waals surface area contributed by atoms with Gasteiger partial charge in [-0.3, -0.25) is 9.59 Å². The lowest BCUT2D eigenvalue weighted by Crippen LogP contribution is -3.13. The van der Waals surface area contributed by atoms with E-state index in [2.05, 4.69) is 34.5 Å². The fraction of sp³-hybridized carbons (Fsp3) is 0.312. The monoisotopic (exact) mass is 299 g/mol. The van der Waals surface area contributed by atoms with E-state index in [0.717, 1.165) is 19.6 Å². The number of amides is 1. The first-order chi connectivity index (χ1) is 10.7. The van der Waals surface area contributed by atoms with Gasteiger partial charge >= 0.3 is 0 Å². The van der Waals surface area contributed by atoms with Crippen LogP contribution in [0.1, 0.15) is 16.1 Å². The minimum atomic E-state index is -0.298. The second kappa shape index (κ2) is 6.53. The summed E-state index contributed by atoms with van der Waals surface area (Å²) in [5.41, 5.74) is 1.32. The number of rotatable bonds is 3. The molecule has 3 rings (SSSR count). The van der Waals surface area contributed by atoms with Crippen LogP contribution in [0.2, 0.25) is 0 Å². The van der Waals surface area contributed by atoms with E-state index in [1.54, 1.807) is 4.90 Å². The van der Waals surface area contributed by atoms with Crippen LogP contribution in [0.25, 0.3) is 0 Å². The number of nitrogens with one attached hydrogen (secondary N) is 2. The van der Waals surface area contributed by atoms with Crippen molar-refractivity contribution in [3.05, 3.63) is 64.1 Å². The van der Waals surface area contributed by atoms with Gasteiger partial charge in [0.15, 0.2) is 0 Å². The molecule has 6 heteroatoms. The molecular formula is C16H19N4O2+. The molecule has 0 saturated carbocycles. The molecule has 0 aliphatic carbocycles. The summed E-state index contributed by atoms with van der Waals surface area (Å²) in [6.07, 6.45) is 0. The van der Waals surface area contributed by atoms with E-state index < -0.39 is 0 Å². The fourth-order valence-electron chi connectivity index (χ4n) is 2.71. The van der Waals surface area contributed by atoms with E-state index in [1.165, 1.54) is 22.6 Å². The summed E-state index contributed by atoms with van der Waals surface area (Å²) in [7, 11) is 0. The lowest BCUT2D eigenvalue weighted by molar-refractivity contribution is -0.917. The van der Waals surface area contributed by atoms with Gasteiger partial charge in [0.25, 0.3) is 11.5 Å². The highest BCUT2D eigenvalue weighted by molar-refractivity contribution is 5.92. The number of benzene rings is 1. The Morgan fingerprint density at radius 1 is 1.14 bits per heavy atom. The van der Waals surface area contributed by atoms with E-state index in [1.807, 2.05) is 6.07 Å². The second-order valence-electron chi connectivity index (χ2n) is 5.51. The van der Waals surface area contributed by atoms with Crippen molar-refractivity contribution in [1.29, 1.82) is 0 Å². The molecule has 2 N–H and O–H groups in total. The third-order valence-corrected chi connectivity index (χ3v) is 3.95. The Morgan fingerprint density at radius 2 is 1.86 bits per heavy atom. The number of carbonyl (C=O) groups excluding carboxylic acids is 1. The molecule has 6 nitrogen and oxygen atoms in total. The maximum atomic E-state index is 12.3. The van der Waals surface area contributed by atoms with Crippen LogP contribution in [0.15, 0.2) is 47.3 Å². The minimum Gasteiger partial charge on any atom is -0.328 e. The van der Waals surface area contributed by atoms with E-state index in [0.29, 0.717) is 18.8 Å². The van der Waals surface area contributed by atoms with Gasteiger partial charge in [-0.2, -0.15) is 5.10 Å². The van der Waals surface area contributed by atoms with Gasteiger partial charge in [-0.1, -0.05) is 30.3 Å². The van der Waals surface area contributed by atoms with Crippen LogP contribution < -0.4 is 10.5 Å². The highest BCUT2D eigenvalue weighted by atomic mass is 16.2. The number of hydrogen-bond donors (Lipinski definition) is 2. The zero-order chi connectivity index (χ0) is 15.4. The molecule has 0 radical (unpaired) electrons. The van der Waals surface area contributed by atoms with Gasteiger partial charge < -0.3 is 9.80 Å². The number of quaternary nitrogens is 1. The first-order valence-electron chi connectivity index (χ1n) is 7.45. The Kier molecular flexibility index (Phi) is 4.29.